The Morgan fingerprint density at radius 1 is 0.952 bits per heavy atom. The minimum Gasteiger partial charge on any atom is -0.493 e. The van der Waals surface area contributed by atoms with E-state index in [-0.39, 0.29) is 5.91 Å². The molecule has 2 aromatic rings. The van der Waals surface area contributed by atoms with E-state index in [1.165, 1.54) is 0 Å². The Kier molecular flexibility index (Phi) is 4.48. The van der Waals surface area contributed by atoms with Crippen LogP contribution in [-0.2, 0) is 0 Å². The number of methoxy groups -OCH3 is 2. The Labute approximate surface area is 124 Å². The third-order valence-corrected chi connectivity index (χ3v) is 3.24. The van der Waals surface area contributed by atoms with Crippen LogP contribution < -0.4 is 9.47 Å². The normalized spacial score (nSPS) is 10.1. The van der Waals surface area contributed by atoms with Gasteiger partial charge in [0.15, 0.2) is 11.5 Å². The number of hydrogen-bond donors (Lipinski definition) is 0. The number of nitrogens with zero attached hydrogens (tertiary/aromatic N) is 1. The monoisotopic (exact) mass is 285 g/mol. The number of amides is 1. The first kappa shape index (κ1) is 14.9. The fraction of sp³-hybridized carbons (Fsp3) is 0.235. The molecule has 0 fully saturated rings. The van der Waals surface area contributed by atoms with Crippen LogP contribution >= 0.6 is 0 Å². The van der Waals surface area contributed by atoms with Gasteiger partial charge >= 0.3 is 0 Å². The van der Waals surface area contributed by atoms with Crippen molar-refractivity contribution in [3.05, 3.63) is 48.0 Å². The van der Waals surface area contributed by atoms with Gasteiger partial charge in [-0.2, -0.15) is 0 Å². The highest BCUT2D eigenvalue weighted by Crippen LogP contribution is 2.40. The standard InChI is InChI=1S/C17H19NO3/c1-18(2)17(19)13-10-11-14(20-3)16(21-4)15(13)12-8-6-5-7-9-12/h5-11H,1-4H3. The van der Waals surface area contributed by atoms with Gasteiger partial charge in [0.05, 0.1) is 19.8 Å². The summed E-state index contributed by atoms with van der Waals surface area (Å²) < 4.78 is 10.8. The second kappa shape index (κ2) is 6.31. The van der Waals surface area contributed by atoms with Crippen LogP contribution in [0.1, 0.15) is 10.4 Å². The van der Waals surface area contributed by atoms with E-state index in [0.717, 1.165) is 11.1 Å². The van der Waals surface area contributed by atoms with Gasteiger partial charge in [0.2, 0.25) is 0 Å². The molecule has 0 aliphatic heterocycles. The van der Waals surface area contributed by atoms with Crippen molar-refractivity contribution in [3.63, 3.8) is 0 Å². The molecule has 110 valence electrons. The van der Waals surface area contributed by atoms with E-state index in [4.69, 9.17) is 9.47 Å². The van der Waals surface area contributed by atoms with E-state index >= 15 is 0 Å². The van der Waals surface area contributed by atoms with Gasteiger partial charge in [0, 0.05) is 19.7 Å². The van der Waals surface area contributed by atoms with E-state index in [1.807, 2.05) is 30.3 Å². The minimum atomic E-state index is -0.0743. The molecular formula is C17H19NO3. The molecule has 0 spiro atoms. The molecule has 4 heteroatoms. The highest BCUT2D eigenvalue weighted by Gasteiger charge is 2.21. The zero-order valence-electron chi connectivity index (χ0n) is 12.7. The van der Waals surface area contributed by atoms with E-state index in [0.29, 0.717) is 17.1 Å². The average Bonchev–Trinajstić information content (AvgIpc) is 2.53. The summed E-state index contributed by atoms with van der Waals surface area (Å²) in [4.78, 5) is 14.0. The summed E-state index contributed by atoms with van der Waals surface area (Å²) in [6.45, 7) is 0. The molecule has 0 N–H and O–H groups in total. The smallest absolute Gasteiger partial charge is 0.254 e. The molecule has 2 aromatic carbocycles. The molecular weight excluding hydrogens is 266 g/mol. The maximum atomic E-state index is 12.4. The van der Waals surface area contributed by atoms with Crippen LogP contribution in [0.3, 0.4) is 0 Å². The third-order valence-electron chi connectivity index (χ3n) is 3.24. The molecule has 0 atom stereocenters. The molecule has 0 saturated heterocycles. The molecule has 2 rings (SSSR count). The number of ether oxygens (including phenoxy) is 2. The first-order chi connectivity index (χ1) is 10.1. The van der Waals surface area contributed by atoms with Gasteiger partial charge in [-0.15, -0.1) is 0 Å². The third kappa shape index (κ3) is 2.84. The quantitative estimate of drug-likeness (QED) is 0.866. The SMILES string of the molecule is COc1ccc(C(=O)N(C)C)c(-c2ccccc2)c1OC. The summed E-state index contributed by atoms with van der Waals surface area (Å²) in [6.07, 6.45) is 0. The highest BCUT2D eigenvalue weighted by atomic mass is 16.5. The zero-order chi connectivity index (χ0) is 15.4. The number of rotatable bonds is 4. The molecule has 0 unspecified atom stereocenters. The molecule has 0 heterocycles. The fourth-order valence-electron chi connectivity index (χ4n) is 2.24. The largest absolute Gasteiger partial charge is 0.493 e. The molecule has 0 bridgehead atoms. The van der Waals surface area contributed by atoms with Crippen LogP contribution in [0.15, 0.2) is 42.5 Å². The van der Waals surface area contributed by atoms with Gasteiger partial charge < -0.3 is 14.4 Å². The van der Waals surface area contributed by atoms with E-state index in [2.05, 4.69) is 0 Å². The van der Waals surface area contributed by atoms with Crippen molar-refractivity contribution >= 4 is 5.91 Å². The molecule has 1 amide bonds. The van der Waals surface area contributed by atoms with Crippen LogP contribution in [0, 0.1) is 0 Å². The summed E-state index contributed by atoms with van der Waals surface area (Å²) in [5.74, 6) is 1.10. The van der Waals surface area contributed by atoms with Gasteiger partial charge in [-0.05, 0) is 17.7 Å². The Hall–Kier alpha value is -2.49. The van der Waals surface area contributed by atoms with Crippen LogP contribution in [-0.4, -0.2) is 39.1 Å². The second-order valence-corrected chi connectivity index (χ2v) is 4.79. The molecule has 0 radical (unpaired) electrons. The topological polar surface area (TPSA) is 38.8 Å². The maximum Gasteiger partial charge on any atom is 0.254 e. The lowest BCUT2D eigenvalue weighted by Gasteiger charge is -2.19. The van der Waals surface area contributed by atoms with Crippen molar-refractivity contribution < 1.29 is 14.3 Å². The highest BCUT2D eigenvalue weighted by molar-refractivity contribution is 6.02. The number of carbonyl (C=O) groups is 1. The van der Waals surface area contributed by atoms with Gasteiger partial charge in [0.25, 0.3) is 5.91 Å². The second-order valence-electron chi connectivity index (χ2n) is 4.79. The molecule has 0 aliphatic carbocycles. The lowest BCUT2D eigenvalue weighted by atomic mass is 9.97. The van der Waals surface area contributed by atoms with Crippen molar-refractivity contribution in [2.45, 2.75) is 0 Å². The Morgan fingerprint density at radius 2 is 1.62 bits per heavy atom. The van der Waals surface area contributed by atoms with Crippen molar-refractivity contribution in [2.75, 3.05) is 28.3 Å². The van der Waals surface area contributed by atoms with Crippen LogP contribution in [0.25, 0.3) is 11.1 Å². The first-order valence-corrected chi connectivity index (χ1v) is 6.62. The van der Waals surface area contributed by atoms with Gasteiger partial charge in [0.1, 0.15) is 0 Å². The predicted octanol–water partition coefficient (Wildman–Crippen LogP) is 3.07. The zero-order valence-corrected chi connectivity index (χ0v) is 12.7. The van der Waals surface area contributed by atoms with Gasteiger partial charge in [-0.1, -0.05) is 30.3 Å². The van der Waals surface area contributed by atoms with E-state index in [9.17, 15) is 4.79 Å². The molecule has 0 aromatic heterocycles. The summed E-state index contributed by atoms with van der Waals surface area (Å²) in [7, 11) is 6.62. The van der Waals surface area contributed by atoms with Crippen molar-refractivity contribution in [2.24, 2.45) is 0 Å². The maximum absolute atomic E-state index is 12.4. The molecule has 21 heavy (non-hydrogen) atoms. The van der Waals surface area contributed by atoms with E-state index in [1.54, 1.807) is 45.3 Å². The predicted molar refractivity (Wildman–Crippen MR) is 83.0 cm³/mol. The lowest BCUT2D eigenvalue weighted by molar-refractivity contribution is 0.0828. The summed E-state index contributed by atoms with van der Waals surface area (Å²) in [5.41, 5.74) is 2.25. The number of carbonyl (C=O) groups excluding carboxylic acids is 1. The number of hydrogen-bond acceptors (Lipinski definition) is 3. The molecule has 0 saturated carbocycles. The van der Waals surface area contributed by atoms with Crippen molar-refractivity contribution in [1.82, 2.24) is 4.90 Å². The number of benzene rings is 2. The first-order valence-electron chi connectivity index (χ1n) is 6.62. The minimum absolute atomic E-state index is 0.0743. The van der Waals surface area contributed by atoms with Gasteiger partial charge in [-0.25, -0.2) is 0 Å². The van der Waals surface area contributed by atoms with Crippen molar-refractivity contribution in [1.29, 1.82) is 0 Å². The van der Waals surface area contributed by atoms with E-state index < -0.39 is 0 Å². The Morgan fingerprint density at radius 3 is 2.14 bits per heavy atom. The molecule has 0 aliphatic rings. The lowest BCUT2D eigenvalue weighted by Crippen LogP contribution is -2.22. The van der Waals surface area contributed by atoms with Crippen LogP contribution in [0.2, 0.25) is 0 Å². The van der Waals surface area contributed by atoms with Crippen molar-refractivity contribution in [3.8, 4) is 22.6 Å². The van der Waals surface area contributed by atoms with Crippen LogP contribution in [0.4, 0.5) is 0 Å². The summed E-state index contributed by atoms with van der Waals surface area (Å²) >= 11 is 0. The summed E-state index contributed by atoms with van der Waals surface area (Å²) in [6, 6.07) is 13.2. The molecule has 4 nitrogen and oxygen atoms in total. The summed E-state index contributed by atoms with van der Waals surface area (Å²) in [5, 5.41) is 0. The fourth-order valence-corrected chi connectivity index (χ4v) is 2.24. The van der Waals surface area contributed by atoms with Crippen LogP contribution in [0.5, 0.6) is 11.5 Å². The van der Waals surface area contributed by atoms with Gasteiger partial charge in [-0.3, -0.25) is 4.79 Å². The average molecular weight is 285 g/mol. The Balaban J connectivity index is 2.75. The Bertz CT molecular complexity index is 636.